The molecule has 224 valence electrons. The monoisotopic (exact) mass is 589 g/mol. The molecule has 8 nitrogen and oxygen atoms in total. The largest absolute Gasteiger partial charge is 0.493 e. The van der Waals surface area contributed by atoms with Crippen LogP contribution in [-0.4, -0.2) is 48.5 Å². The third-order valence-electron chi connectivity index (χ3n) is 7.34. The zero-order valence-corrected chi connectivity index (χ0v) is 24.8. The summed E-state index contributed by atoms with van der Waals surface area (Å²) in [6.07, 6.45) is 0.220. The molecule has 0 fully saturated rings. The fourth-order valence-electron chi connectivity index (χ4n) is 5.23. The normalized spacial score (nSPS) is 12.0. The number of aryl methyl sites for hydroxylation is 1. The number of hydrogen-bond acceptors (Lipinski definition) is 6. The van der Waals surface area contributed by atoms with E-state index in [0.29, 0.717) is 11.3 Å². The molecule has 0 aliphatic carbocycles. The number of nitrogens with zero attached hydrogens (tertiary/aromatic N) is 2. The van der Waals surface area contributed by atoms with Crippen molar-refractivity contribution in [1.29, 1.82) is 5.26 Å². The van der Waals surface area contributed by atoms with Gasteiger partial charge in [-0.15, -0.1) is 0 Å². The summed E-state index contributed by atoms with van der Waals surface area (Å²) in [6.45, 7) is 1.97. The molecular weight excluding hydrogens is 554 g/mol. The average Bonchev–Trinajstić information content (AvgIpc) is 3.04. The number of methoxy groups -OCH3 is 1. The molecule has 0 saturated heterocycles. The number of esters is 1. The summed E-state index contributed by atoms with van der Waals surface area (Å²) in [5.41, 5.74) is 9.56. The van der Waals surface area contributed by atoms with Crippen LogP contribution in [0.4, 0.5) is 0 Å². The fraction of sp³-hybridized carbons (Fsp3) is 0.222. The molecular formula is C36H35N3O5. The average molecular weight is 590 g/mol. The van der Waals surface area contributed by atoms with Crippen molar-refractivity contribution >= 4 is 17.8 Å². The lowest BCUT2D eigenvalue weighted by molar-refractivity contribution is -0.141. The van der Waals surface area contributed by atoms with Crippen LogP contribution >= 0.6 is 0 Å². The van der Waals surface area contributed by atoms with Crippen LogP contribution in [0.2, 0.25) is 0 Å². The number of ether oxygens (including phenoxy) is 2. The summed E-state index contributed by atoms with van der Waals surface area (Å²) in [4.78, 5) is 41.1. The van der Waals surface area contributed by atoms with Gasteiger partial charge in [0.2, 0.25) is 11.8 Å². The predicted molar refractivity (Wildman–Crippen MR) is 167 cm³/mol. The minimum Gasteiger partial charge on any atom is -0.493 e. The highest BCUT2D eigenvalue weighted by Crippen LogP contribution is 2.30. The second-order valence-corrected chi connectivity index (χ2v) is 10.4. The number of amides is 2. The summed E-state index contributed by atoms with van der Waals surface area (Å²) >= 11 is 0. The van der Waals surface area contributed by atoms with E-state index < -0.39 is 35.8 Å². The SMILES string of the molecule is COC(=O)c1cccc(OCCC(C#N)N(C(=O)C(c2ccccc2)c2ccccc2)[C@@H](Cc2cccc(C)c2)C(N)=O)c1. The second kappa shape index (κ2) is 15.2. The van der Waals surface area contributed by atoms with Crippen molar-refractivity contribution in [3.8, 4) is 11.8 Å². The van der Waals surface area contributed by atoms with Gasteiger partial charge in [0.1, 0.15) is 17.8 Å². The van der Waals surface area contributed by atoms with Crippen molar-refractivity contribution in [3.63, 3.8) is 0 Å². The second-order valence-electron chi connectivity index (χ2n) is 10.4. The van der Waals surface area contributed by atoms with E-state index in [9.17, 15) is 19.6 Å². The molecule has 4 rings (SSSR count). The Kier molecular flexibility index (Phi) is 10.9. The number of rotatable bonds is 13. The standard InChI is InChI=1S/C36H35N3O5/c1-25-11-9-12-26(21-25)22-32(34(38)40)39(30(24-37)19-20-44-31-18-10-17-29(23-31)36(42)43-2)35(41)33(27-13-5-3-6-14-27)28-15-7-4-8-16-28/h3-18,21,23,30,32-33H,19-20,22H2,1-2H3,(H2,38,40)/t30?,32-/m0/s1. The Morgan fingerprint density at radius 3 is 2.07 bits per heavy atom. The zero-order valence-electron chi connectivity index (χ0n) is 24.8. The van der Waals surface area contributed by atoms with Gasteiger partial charge in [-0.25, -0.2) is 4.79 Å². The number of hydrogen-bond donors (Lipinski definition) is 1. The van der Waals surface area contributed by atoms with Gasteiger partial charge in [0, 0.05) is 12.8 Å². The predicted octanol–water partition coefficient (Wildman–Crippen LogP) is 5.20. The Morgan fingerprint density at radius 1 is 0.864 bits per heavy atom. The van der Waals surface area contributed by atoms with Crippen molar-refractivity contribution in [2.45, 2.75) is 37.8 Å². The lowest BCUT2D eigenvalue weighted by Gasteiger charge is -2.36. The van der Waals surface area contributed by atoms with Crippen LogP contribution in [0.15, 0.2) is 109 Å². The first-order valence-corrected chi connectivity index (χ1v) is 14.3. The van der Waals surface area contributed by atoms with E-state index in [1.54, 1.807) is 24.3 Å². The van der Waals surface area contributed by atoms with Gasteiger partial charge in [-0.05, 0) is 41.8 Å². The molecule has 2 atom stereocenters. The van der Waals surface area contributed by atoms with Crippen LogP contribution in [-0.2, 0) is 20.7 Å². The van der Waals surface area contributed by atoms with E-state index in [-0.39, 0.29) is 19.4 Å². The lowest BCUT2D eigenvalue weighted by atomic mass is 9.88. The van der Waals surface area contributed by atoms with Crippen LogP contribution in [0, 0.1) is 18.3 Å². The fourth-order valence-corrected chi connectivity index (χ4v) is 5.23. The zero-order chi connectivity index (χ0) is 31.5. The molecule has 0 saturated carbocycles. The van der Waals surface area contributed by atoms with Crippen LogP contribution in [0.5, 0.6) is 5.75 Å². The maximum Gasteiger partial charge on any atom is 0.337 e. The van der Waals surface area contributed by atoms with Gasteiger partial charge in [-0.1, -0.05) is 96.6 Å². The maximum atomic E-state index is 14.7. The number of nitrogens with two attached hydrogens (primary N) is 1. The molecule has 0 bridgehead atoms. The first-order chi connectivity index (χ1) is 21.3. The third-order valence-corrected chi connectivity index (χ3v) is 7.34. The van der Waals surface area contributed by atoms with Crippen LogP contribution < -0.4 is 10.5 Å². The molecule has 0 aliphatic heterocycles. The van der Waals surface area contributed by atoms with E-state index in [1.807, 2.05) is 91.9 Å². The van der Waals surface area contributed by atoms with Crippen molar-refractivity contribution < 1.29 is 23.9 Å². The number of primary amides is 1. The van der Waals surface area contributed by atoms with Gasteiger partial charge in [-0.2, -0.15) is 5.26 Å². The maximum absolute atomic E-state index is 14.7. The number of nitriles is 1. The Bertz CT molecular complexity index is 1580. The van der Waals surface area contributed by atoms with Crippen molar-refractivity contribution in [3.05, 3.63) is 137 Å². The van der Waals surface area contributed by atoms with Gasteiger partial charge >= 0.3 is 5.97 Å². The highest BCUT2D eigenvalue weighted by atomic mass is 16.5. The van der Waals surface area contributed by atoms with Crippen LogP contribution in [0.1, 0.15) is 45.0 Å². The Balaban J connectivity index is 1.71. The molecule has 44 heavy (non-hydrogen) atoms. The molecule has 0 spiro atoms. The molecule has 1 unspecified atom stereocenters. The number of benzene rings is 4. The van der Waals surface area contributed by atoms with Gasteiger partial charge in [0.05, 0.1) is 31.3 Å². The Morgan fingerprint density at radius 2 is 1.50 bits per heavy atom. The van der Waals surface area contributed by atoms with E-state index in [1.165, 1.54) is 12.0 Å². The summed E-state index contributed by atoms with van der Waals surface area (Å²) < 4.78 is 10.7. The van der Waals surface area contributed by atoms with Gasteiger partial charge < -0.3 is 20.1 Å². The van der Waals surface area contributed by atoms with Crippen LogP contribution in [0.3, 0.4) is 0 Å². The quantitative estimate of drug-likeness (QED) is 0.214. The highest BCUT2D eigenvalue weighted by molar-refractivity contribution is 5.93. The lowest BCUT2D eigenvalue weighted by Crippen LogP contribution is -2.55. The van der Waals surface area contributed by atoms with Crippen molar-refractivity contribution in [2.24, 2.45) is 5.73 Å². The molecule has 2 N–H and O–H groups in total. The smallest absolute Gasteiger partial charge is 0.337 e. The molecule has 4 aromatic carbocycles. The molecule has 2 amide bonds. The Hall–Kier alpha value is -5.42. The van der Waals surface area contributed by atoms with Crippen molar-refractivity contribution in [1.82, 2.24) is 4.90 Å². The van der Waals surface area contributed by atoms with E-state index in [0.717, 1.165) is 22.3 Å². The van der Waals surface area contributed by atoms with E-state index in [4.69, 9.17) is 15.2 Å². The molecule has 8 heteroatoms. The summed E-state index contributed by atoms with van der Waals surface area (Å²) in [7, 11) is 1.29. The third kappa shape index (κ3) is 7.90. The molecule has 0 radical (unpaired) electrons. The summed E-state index contributed by atoms with van der Waals surface area (Å²) in [5, 5.41) is 10.4. The van der Waals surface area contributed by atoms with Crippen molar-refractivity contribution in [2.75, 3.05) is 13.7 Å². The Labute approximate surface area is 257 Å². The first kappa shape index (κ1) is 31.5. The number of carbonyl (C=O) groups is 3. The topological polar surface area (TPSA) is 123 Å². The van der Waals surface area contributed by atoms with Gasteiger partial charge in [-0.3, -0.25) is 9.59 Å². The minimum absolute atomic E-state index is 0.0316. The van der Waals surface area contributed by atoms with E-state index in [2.05, 4.69) is 6.07 Å². The minimum atomic E-state index is -1.11. The van der Waals surface area contributed by atoms with E-state index >= 15 is 0 Å². The first-order valence-electron chi connectivity index (χ1n) is 14.3. The molecule has 0 aliphatic rings. The van der Waals surface area contributed by atoms with Gasteiger partial charge in [0.15, 0.2) is 0 Å². The summed E-state index contributed by atoms with van der Waals surface area (Å²) in [5.74, 6) is -2.02. The highest BCUT2D eigenvalue weighted by Gasteiger charge is 2.39. The molecule has 0 heterocycles. The molecule has 0 aromatic heterocycles. The molecule has 4 aromatic rings. The van der Waals surface area contributed by atoms with Gasteiger partial charge in [0.25, 0.3) is 0 Å². The summed E-state index contributed by atoms with van der Waals surface area (Å²) in [6, 6.07) is 32.7. The number of carbonyl (C=O) groups excluding carboxylic acids is 3. The van der Waals surface area contributed by atoms with Crippen LogP contribution in [0.25, 0.3) is 0 Å².